The third-order valence-corrected chi connectivity index (χ3v) is 4.16. The second-order valence-corrected chi connectivity index (χ2v) is 5.66. The quantitative estimate of drug-likeness (QED) is 0.907. The van der Waals surface area contributed by atoms with Gasteiger partial charge in [-0.15, -0.1) is 0 Å². The van der Waals surface area contributed by atoms with Gasteiger partial charge in [0.15, 0.2) is 0 Å². The van der Waals surface area contributed by atoms with Gasteiger partial charge in [0.05, 0.1) is 0 Å². The van der Waals surface area contributed by atoms with E-state index in [2.05, 4.69) is 0 Å². The summed E-state index contributed by atoms with van der Waals surface area (Å²) in [5, 5.41) is 9.46. The third-order valence-electron chi connectivity index (χ3n) is 4.16. The molecule has 0 unspecified atom stereocenters. The molecule has 3 rings (SSSR count). The Bertz CT molecular complexity index is 887. The molecule has 1 aromatic carbocycles. The van der Waals surface area contributed by atoms with Gasteiger partial charge in [-0.1, -0.05) is 0 Å². The molecule has 0 bridgehead atoms. The zero-order valence-electron chi connectivity index (χ0n) is 13.0. The predicted molar refractivity (Wildman–Crippen MR) is 83.8 cm³/mol. The van der Waals surface area contributed by atoms with E-state index in [1.165, 1.54) is 42.0 Å². The highest BCUT2D eigenvalue weighted by Gasteiger charge is 2.27. The molecule has 0 spiro atoms. The third kappa shape index (κ3) is 2.68. The lowest BCUT2D eigenvalue weighted by atomic mass is 9.96. The Morgan fingerprint density at radius 3 is 2.46 bits per heavy atom. The van der Waals surface area contributed by atoms with Gasteiger partial charge in [-0.25, -0.2) is 9.18 Å². The van der Waals surface area contributed by atoms with E-state index in [1.807, 2.05) is 0 Å². The summed E-state index contributed by atoms with van der Waals surface area (Å²) >= 11 is 0. The minimum Gasteiger partial charge on any atom is -0.477 e. The number of carboxylic acid groups (broad SMARTS) is 1. The van der Waals surface area contributed by atoms with Crippen molar-refractivity contribution >= 4 is 11.9 Å². The van der Waals surface area contributed by atoms with Crippen molar-refractivity contribution in [3.05, 3.63) is 63.3 Å². The molecule has 0 fully saturated rings. The minimum absolute atomic E-state index is 0.114. The summed E-state index contributed by atoms with van der Waals surface area (Å²) in [6.45, 7) is 2.06. The summed E-state index contributed by atoms with van der Waals surface area (Å²) in [5.41, 5.74) is 0.483. The largest absolute Gasteiger partial charge is 0.477 e. The lowest BCUT2D eigenvalue weighted by molar-refractivity contribution is -0.129. The van der Waals surface area contributed by atoms with Crippen molar-refractivity contribution in [1.29, 1.82) is 0 Å². The molecule has 2 heterocycles. The number of carbonyl (C=O) groups excluding carboxylic acids is 1. The predicted octanol–water partition coefficient (Wildman–Crippen LogP) is 1.58. The van der Waals surface area contributed by atoms with Crippen LogP contribution in [0.5, 0.6) is 0 Å². The van der Waals surface area contributed by atoms with Gasteiger partial charge < -0.3 is 10.0 Å². The highest BCUT2D eigenvalue weighted by atomic mass is 19.1. The van der Waals surface area contributed by atoms with E-state index in [0.29, 0.717) is 29.8 Å². The van der Waals surface area contributed by atoms with Crippen LogP contribution in [0.4, 0.5) is 4.39 Å². The number of benzene rings is 1. The molecule has 24 heavy (non-hydrogen) atoms. The average Bonchev–Trinajstić information content (AvgIpc) is 2.54. The van der Waals surface area contributed by atoms with Crippen LogP contribution in [0.15, 0.2) is 35.3 Å². The first-order valence-corrected chi connectivity index (χ1v) is 7.40. The molecule has 1 aliphatic rings. The smallest absolute Gasteiger partial charge is 0.341 e. The molecule has 1 aliphatic heterocycles. The van der Waals surface area contributed by atoms with Gasteiger partial charge in [0.2, 0.25) is 5.91 Å². The zero-order chi connectivity index (χ0) is 17.4. The van der Waals surface area contributed by atoms with Crippen molar-refractivity contribution in [3.8, 4) is 5.69 Å². The fourth-order valence-corrected chi connectivity index (χ4v) is 2.94. The van der Waals surface area contributed by atoms with Crippen molar-refractivity contribution < 1.29 is 19.1 Å². The van der Waals surface area contributed by atoms with Crippen LogP contribution >= 0.6 is 0 Å². The van der Waals surface area contributed by atoms with E-state index >= 15 is 0 Å². The van der Waals surface area contributed by atoms with Crippen molar-refractivity contribution in [1.82, 2.24) is 9.47 Å². The SMILES string of the molecule is CC(=O)N1CCc2c(cn(-c3ccc(F)cc3)c(=O)c2C(=O)O)C1. The summed E-state index contributed by atoms with van der Waals surface area (Å²) in [6, 6.07) is 5.20. The monoisotopic (exact) mass is 330 g/mol. The number of nitrogens with zero attached hydrogens (tertiary/aromatic N) is 2. The highest BCUT2D eigenvalue weighted by Crippen LogP contribution is 2.22. The van der Waals surface area contributed by atoms with Crippen LogP contribution in [0.2, 0.25) is 0 Å². The molecule has 0 saturated heterocycles. The number of amides is 1. The van der Waals surface area contributed by atoms with Gasteiger partial charge in [-0.05, 0) is 41.8 Å². The van der Waals surface area contributed by atoms with Crippen molar-refractivity contribution in [2.45, 2.75) is 19.9 Å². The van der Waals surface area contributed by atoms with E-state index in [0.717, 1.165) is 0 Å². The molecule has 124 valence electrons. The molecule has 7 heteroatoms. The number of halogens is 1. The normalized spacial score (nSPS) is 13.5. The highest BCUT2D eigenvalue weighted by molar-refractivity contribution is 5.89. The number of aromatic nitrogens is 1. The van der Waals surface area contributed by atoms with Crippen molar-refractivity contribution in [3.63, 3.8) is 0 Å². The zero-order valence-corrected chi connectivity index (χ0v) is 13.0. The maximum atomic E-state index is 13.1. The first kappa shape index (κ1) is 15.9. The van der Waals surface area contributed by atoms with Crippen LogP contribution in [0.25, 0.3) is 5.69 Å². The van der Waals surface area contributed by atoms with Crippen LogP contribution in [0.1, 0.15) is 28.4 Å². The maximum Gasteiger partial charge on any atom is 0.341 e. The van der Waals surface area contributed by atoms with Gasteiger partial charge in [-0.2, -0.15) is 0 Å². The van der Waals surface area contributed by atoms with Crippen LogP contribution < -0.4 is 5.56 Å². The van der Waals surface area contributed by atoms with Gasteiger partial charge in [0.1, 0.15) is 11.4 Å². The number of carbonyl (C=O) groups is 2. The van der Waals surface area contributed by atoms with E-state index in [-0.39, 0.29) is 18.0 Å². The van der Waals surface area contributed by atoms with Gasteiger partial charge >= 0.3 is 5.97 Å². The molecular formula is C17H15FN2O4. The molecular weight excluding hydrogens is 315 g/mol. The van der Waals surface area contributed by atoms with Crippen LogP contribution in [0.3, 0.4) is 0 Å². The van der Waals surface area contributed by atoms with Crippen molar-refractivity contribution in [2.24, 2.45) is 0 Å². The molecule has 0 atom stereocenters. The topological polar surface area (TPSA) is 79.6 Å². The summed E-state index contributed by atoms with van der Waals surface area (Å²) < 4.78 is 14.3. The standard InChI is InChI=1S/C17H15FN2O4/c1-10(21)19-7-6-14-11(8-19)9-20(16(22)15(14)17(23)24)13-4-2-12(18)3-5-13/h2-5,9H,6-8H2,1H3,(H,23,24). The molecule has 1 aromatic heterocycles. The van der Waals surface area contributed by atoms with Crippen LogP contribution in [-0.4, -0.2) is 33.0 Å². The molecule has 0 aliphatic carbocycles. The average molecular weight is 330 g/mol. The molecule has 0 radical (unpaired) electrons. The second-order valence-electron chi connectivity index (χ2n) is 5.66. The van der Waals surface area contributed by atoms with Gasteiger partial charge in [0, 0.05) is 31.9 Å². The lowest BCUT2D eigenvalue weighted by Gasteiger charge is -2.29. The summed E-state index contributed by atoms with van der Waals surface area (Å²) in [7, 11) is 0. The number of pyridine rings is 1. The molecule has 2 aromatic rings. The number of aromatic carboxylic acids is 1. The van der Waals surface area contributed by atoms with Gasteiger partial charge in [-0.3, -0.25) is 14.2 Å². The lowest BCUT2D eigenvalue weighted by Crippen LogP contribution is -2.38. The number of carboxylic acids is 1. The first-order valence-electron chi connectivity index (χ1n) is 7.40. The molecule has 1 N–H and O–H groups in total. The second kappa shape index (κ2) is 5.92. The number of hydrogen-bond donors (Lipinski definition) is 1. The van der Waals surface area contributed by atoms with Crippen LogP contribution in [-0.2, 0) is 17.8 Å². The number of fused-ring (bicyclic) bond motifs is 1. The van der Waals surface area contributed by atoms with E-state index < -0.39 is 17.3 Å². The fourth-order valence-electron chi connectivity index (χ4n) is 2.94. The van der Waals surface area contributed by atoms with E-state index in [9.17, 15) is 23.9 Å². The van der Waals surface area contributed by atoms with Crippen molar-refractivity contribution in [2.75, 3.05) is 6.54 Å². The Labute approximate surface area is 136 Å². The first-order chi connectivity index (χ1) is 11.4. The number of hydrogen-bond acceptors (Lipinski definition) is 3. The Morgan fingerprint density at radius 2 is 1.88 bits per heavy atom. The van der Waals surface area contributed by atoms with Crippen LogP contribution in [0, 0.1) is 5.82 Å². The Balaban J connectivity index is 2.21. The minimum atomic E-state index is -1.30. The summed E-state index contributed by atoms with van der Waals surface area (Å²) in [5.74, 6) is -1.87. The van der Waals surface area contributed by atoms with Gasteiger partial charge in [0.25, 0.3) is 5.56 Å². The molecule has 0 saturated carbocycles. The van der Waals surface area contributed by atoms with E-state index in [4.69, 9.17) is 0 Å². The Hall–Kier alpha value is -2.96. The Morgan fingerprint density at radius 1 is 1.21 bits per heavy atom. The molecule has 6 nitrogen and oxygen atoms in total. The molecule has 1 amide bonds. The number of rotatable bonds is 2. The Kier molecular flexibility index (Phi) is 3.92. The van der Waals surface area contributed by atoms with E-state index in [1.54, 1.807) is 4.90 Å². The summed E-state index contributed by atoms with van der Waals surface area (Å²) in [6.07, 6.45) is 1.85. The fraction of sp³-hybridized carbons (Fsp3) is 0.235. The maximum absolute atomic E-state index is 13.1. The summed E-state index contributed by atoms with van der Waals surface area (Å²) in [4.78, 5) is 37.4.